The number of nitrogens with zero attached hydrogens (tertiary/aromatic N) is 3. The smallest absolute Gasteiger partial charge is 0.231 e. The molecule has 0 bridgehead atoms. The van der Waals surface area contributed by atoms with Crippen LogP contribution in [-0.4, -0.2) is 26.4 Å². The number of amides is 1. The third kappa shape index (κ3) is 4.29. The molecule has 0 unspecified atom stereocenters. The second kappa shape index (κ2) is 7.43. The van der Waals surface area contributed by atoms with Crippen LogP contribution in [0.1, 0.15) is 12.5 Å². The fourth-order valence-corrected chi connectivity index (χ4v) is 3.60. The van der Waals surface area contributed by atoms with Gasteiger partial charge in [0.25, 0.3) is 0 Å². The first kappa shape index (κ1) is 18.7. The van der Waals surface area contributed by atoms with E-state index in [0.717, 1.165) is 5.56 Å². The van der Waals surface area contributed by atoms with Gasteiger partial charge in [-0.2, -0.15) is 0 Å². The number of sulfonamides is 1. The molecule has 11 heteroatoms. The summed E-state index contributed by atoms with van der Waals surface area (Å²) >= 11 is 0. The lowest BCUT2D eigenvalue weighted by molar-refractivity contribution is -0.754. The molecule has 1 aliphatic heterocycles. The molecular formula is C18H16N4O6S. The van der Waals surface area contributed by atoms with E-state index in [1.807, 2.05) is 12.1 Å². The molecule has 2 aromatic carbocycles. The van der Waals surface area contributed by atoms with Crippen LogP contribution < -0.4 is 19.5 Å². The highest BCUT2D eigenvalue weighted by Gasteiger charge is 2.17. The Morgan fingerprint density at radius 3 is 2.69 bits per heavy atom. The highest BCUT2D eigenvalue weighted by atomic mass is 32.2. The van der Waals surface area contributed by atoms with Gasteiger partial charge in [-0.05, 0) is 42.5 Å². The van der Waals surface area contributed by atoms with Crippen LogP contribution in [0.2, 0.25) is 0 Å². The summed E-state index contributed by atoms with van der Waals surface area (Å²) in [6.45, 7) is 1.88. The molecule has 3 aromatic rings. The Bertz CT molecular complexity index is 1160. The van der Waals surface area contributed by atoms with Crippen LogP contribution in [-0.2, 0) is 21.4 Å². The normalized spacial score (nSPS) is 12.6. The fourth-order valence-electron chi connectivity index (χ4n) is 2.69. The van der Waals surface area contributed by atoms with E-state index in [9.17, 15) is 13.2 Å². The number of benzene rings is 2. The molecule has 0 radical (unpaired) electrons. The molecule has 0 saturated heterocycles. The van der Waals surface area contributed by atoms with Crippen molar-refractivity contribution in [2.24, 2.45) is 0 Å². The molecule has 1 aromatic heterocycles. The molecule has 0 atom stereocenters. The molecule has 0 saturated carbocycles. The van der Waals surface area contributed by atoms with E-state index in [0.29, 0.717) is 23.7 Å². The number of carbonyl (C=O) groups excluding carboxylic acids is 1. The average molecular weight is 416 g/mol. The molecule has 1 N–H and O–H groups in total. The highest BCUT2D eigenvalue weighted by molar-refractivity contribution is 7.94. The monoisotopic (exact) mass is 416 g/mol. The van der Waals surface area contributed by atoms with Crippen molar-refractivity contribution in [3.8, 4) is 11.5 Å². The summed E-state index contributed by atoms with van der Waals surface area (Å²) in [7, 11) is -4.00. The van der Waals surface area contributed by atoms with Gasteiger partial charge in [0.2, 0.25) is 25.4 Å². The van der Waals surface area contributed by atoms with Crippen molar-refractivity contribution in [1.82, 2.24) is 5.27 Å². The summed E-state index contributed by atoms with van der Waals surface area (Å²) in [6, 6.07) is 11.1. The van der Waals surface area contributed by atoms with E-state index in [1.54, 1.807) is 6.07 Å². The van der Waals surface area contributed by atoms with Crippen LogP contribution in [0, 0.1) is 0 Å². The number of nitrogens with one attached hydrogen (secondary N) is 1. The zero-order chi connectivity index (χ0) is 20.4. The first-order valence-corrected chi connectivity index (χ1v) is 9.94. The third-order valence-corrected chi connectivity index (χ3v) is 5.25. The minimum Gasteiger partial charge on any atom is -0.534 e. The minimum atomic E-state index is -4.00. The number of ether oxygens (including phenoxy) is 2. The minimum absolute atomic E-state index is 0.0367. The Labute approximate surface area is 166 Å². The van der Waals surface area contributed by atoms with Crippen LogP contribution >= 0.6 is 0 Å². The van der Waals surface area contributed by atoms with E-state index in [-0.39, 0.29) is 23.5 Å². The Hall–Kier alpha value is -3.60. The Balaban J connectivity index is 1.44. The van der Waals surface area contributed by atoms with Gasteiger partial charge in [0.05, 0.1) is 4.90 Å². The number of anilines is 1. The first-order valence-electron chi connectivity index (χ1n) is 8.50. The molecule has 1 amide bonds. The number of rotatable bonds is 6. The summed E-state index contributed by atoms with van der Waals surface area (Å²) in [5.74, 6) is 0.905. The molecular weight excluding hydrogens is 400 g/mol. The SMILES string of the molecule is CC(=O)Nc1ccc(S(=O)(=O)[N-]c2c[n+](Cc3ccc4c(c3)OCO4)no2)cc1. The van der Waals surface area contributed by atoms with E-state index in [2.05, 4.69) is 15.3 Å². The lowest BCUT2D eigenvalue weighted by atomic mass is 10.2. The van der Waals surface area contributed by atoms with E-state index in [1.165, 1.54) is 42.1 Å². The van der Waals surface area contributed by atoms with Crippen molar-refractivity contribution in [1.29, 1.82) is 0 Å². The fraction of sp³-hybridized carbons (Fsp3) is 0.167. The predicted molar refractivity (Wildman–Crippen MR) is 99.3 cm³/mol. The van der Waals surface area contributed by atoms with Gasteiger partial charge in [0.15, 0.2) is 16.8 Å². The van der Waals surface area contributed by atoms with Crippen molar-refractivity contribution in [2.75, 3.05) is 12.1 Å². The molecule has 0 fully saturated rings. The molecule has 0 spiro atoms. The maximum Gasteiger partial charge on any atom is 0.231 e. The van der Waals surface area contributed by atoms with Crippen molar-refractivity contribution in [3.05, 3.63) is 58.9 Å². The van der Waals surface area contributed by atoms with Gasteiger partial charge in [-0.25, -0.2) is 8.42 Å². The maximum atomic E-state index is 12.4. The molecule has 0 aliphatic carbocycles. The summed E-state index contributed by atoms with van der Waals surface area (Å²) in [5.41, 5.74) is 1.35. The summed E-state index contributed by atoms with van der Waals surface area (Å²) in [5, 5.41) is 6.36. The van der Waals surface area contributed by atoms with Gasteiger partial charge in [-0.15, -0.1) is 0 Å². The highest BCUT2D eigenvalue weighted by Crippen LogP contribution is 2.32. The number of hydrogen-bond donors (Lipinski definition) is 1. The van der Waals surface area contributed by atoms with Crippen LogP contribution in [0.5, 0.6) is 11.5 Å². The zero-order valence-electron chi connectivity index (χ0n) is 15.2. The second-order valence-electron chi connectivity index (χ2n) is 6.20. The van der Waals surface area contributed by atoms with E-state index >= 15 is 0 Å². The zero-order valence-corrected chi connectivity index (χ0v) is 16.0. The predicted octanol–water partition coefficient (Wildman–Crippen LogP) is 2.09. The molecule has 1 aliphatic rings. The molecule has 10 nitrogen and oxygen atoms in total. The van der Waals surface area contributed by atoms with Gasteiger partial charge in [0.1, 0.15) is 15.9 Å². The summed E-state index contributed by atoms with van der Waals surface area (Å²) < 4.78 is 45.6. The molecule has 2 heterocycles. The van der Waals surface area contributed by atoms with E-state index in [4.69, 9.17) is 14.0 Å². The van der Waals surface area contributed by atoms with Crippen LogP contribution in [0.15, 0.2) is 58.1 Å². The second-order valence-corrected chi connectivity index (χ2v) is 7.80. The Morgan fingerprint density at radius 2 is 1.93 bits per heavy atom. The Kier molecular flexibility index (Phi) is 4.80. The standard InChI is InChI=1S/C18H16N4O6S/c1-12(23)19-14-3-5-15(6-4-14)29(24,25)20-18-10-22(21-28-18)9-13-2-7-16-17(8-13)27-11-26-16/h2-8,10H,9,11H2,1H3,(H-,19,20,21,23). The number of hydrogen-bond acceptors (Lipinski definition) is 7. The van der Waals surface area contributed by atoms with Gasteiger partial charge in [-0.3, -0.25) is 4.79 Å². The topological polar surface area (TPSA) is 126 Å². The van der Waals surface area contributed by atoms with Gasteiger partial charge in [-0.1, -0.05) is 4.68 Å². The van der Waals surface area contributed by atoms with E-state index < -0.39 is 10.0 Å². The van der Waals surface area contributed by atoms with Crippen molar-refractivity contribution in [3.63, 3.8) is 0 Å². The number of carbonyl (C=O) groups is 1. The average Bonchev–Trinajstić information content (AvgIpc) is 3.30. The van der Waals surface area contributed by atoms with Crippen molar-refractivity contribution >= 4 is 27.5 Å². The number of fused-ring (bicyclic) bond motifs is 1. The third-order valence-electron chi connectivity index (χ3n) is 3.96. The van der Waals surface area contributed by atoms with Gasteiger partial charge >= 0.3 is 0 Å². The summed E-state index contributed by atoms with van der Waals surface area (Å²) in [6.07, 6.45) is 1.38. The van der Waals surface area contributed by atoms with Crippen molar-refractivity contribution in [2.45, 2.75) is 18.4 Å². The summed E-state index contributed by atoms with van der Waals surface area (Å²) in [4.78, 5) is 11.0. The quantitative estimate of drug-likeness (QED) is 0.610. The van der Waals surface area contributed by atoms with Crippen LogP contribution in [0.4, 0.5) is 11.6 Å². The molecule has 150 valence electrons. The lowest BCUT2D eigenvalue weighted by Crippen LogP contribution is -2.35. The lowest BCUT2D eigenvalue weighted by Gasteiger charge is -2.16. The molecule has 4 rings (SSSR count). The van der Waals surface area contributed by atoms with Crippen molar-refractivity contribution < 1.29 is 31.9 Å². The Morgan fingerprint density at radius 1 is 1.17 bits per heavy atom. The maximum absolute atomic E-state index is 12.4. The van der Waals surface area contributed by atoms with Gasteiger partial charge < -0.3 is 24.0 Å². The number of aromatic nitrogens is 2. The van der Waals surface area contributed by atoms with Gasteiger partial charge in [0, 0.05) is 18.2 Å². The largest absolute Gasteiger partial charge is 0.534 e. The van der Waals surface area contributed by atoms with Crippen LogP contribution in [0.25, 0.3) is 4.72 Å². The molecule has 29 heavy (non-hydrogen) atoms. The van der Waals surface area contributed by atoms with Crippen LogP contribution in [0.3, 0.4) is 0 Å². The first-order chi connectivity index (χ1) is 13.9.